The van der Waals surface area contributed by atoms with Crippen LogP contribution in [0.1, 0.15) is 63.9 Å². The van der Waals surface area contributed by atoms with Crippen molar-refractivity contribution >= 4 is 12.0 Å². The second-order valence-electron chi connectivity index (χ2n) is 10.3. The third-order valence-electron chi connectivity index (χ3n) is 8.29. The highest BCUT2D eigenvalue weighted by Gasteiger charge is 2.61. The smallest absolute Gasteiger partial charge is 0.409 e. The van der Waals surface area contributed by atoms with Gasteiger partial charge in [0, 0.05) is 19.1 Å². The van der Waals surface area contributed by atoms with Crippen LogP contribution < -0.4 is 5.32 Å². The lowest BCUT2D eigenvalue weighted by molar-refractivity contribution is -0.150. The average molecular weight is 411 g/mol. The summed E-state index contributed by atoms with van der Waals surface area (Å²) < 4.78 is 5.12. The van der Waals surface area contributed by atoms with Gasteiger partial charge in [-0.15, -0.1) is 0 Å². The quantitative estimate of drug-likeness (QED) is 0.807. The first kappa shape index (κ1) is 19.9. The molecule has 4 saturated carbocycles. The molecule has 1 saturated heterocycles. The Morgan fingerprint density at radius 1 is 1.07 bits per heavy atom. The molecule has 5 fully saturated rings. The molecule has 1 aromatic rings. The van der Waals surface area contributed by atoms with Crippen molar-refractivity contribution in [1.29, 1.82) is 0 Å². The molecular formula is C25H34N2O3. The van der Waals surface area contributed by atoms with Crippen molar-refractivity contribution in [2.45, 2.75) is 69.7 Å². The van der Waals surface area contributed by atoms with E-state index in [2.05, 4.69) is 35.6 Å². The highest BCUT2D eigenvalue weighted by molar-refractivity contribution is 5.84. The Morgan fingerprint density at radius 2 is 1.73 bits per heavy atom. The number of carbonyl (C=O) groups is 2. The van der Waals surface area contributed by atoms with Crippen molar-refractivity contribution in [3.63, 3.8) is 0 Å². The normalized spacial score (nSPS) is 35.3. The van der Waals surface area contributed by atoms with Crippen LogP contribution in [0.15, 0.2) is 30.3 Å². The van der Waals surface area contributed by atoms with Crippen molar-refractivity contribution in [3.8, 4) is 0 Å². The summed E-state index contributed by atoms with van der Waals surface area (Å²) in [5, 5.41) is 3.42. The second kappa shape index (κ2) is 7.58. The minimum Gasteiger partial charge on any atom is -0.450 e. The molecule has 4 aliphatic carbocycles. The van der Waals surface area contributed by atoms with Crippen molar-refractivity contribution in [1.82, 2.24) is 10.2 Å². The molecule has 1 aromatic carbocycles. The topological polar surface area (TPSA) is 58.6 Å². The monoisotopic (exact) mass is 410 g/mol. The van der Waals surface area contributed by atoms with Gasteiger partial charge in [0.2, 0.25) is 5.91 Å². The maximum atomic E-state index is 13.6. The second-order valence-corrected chi connectivity index (χ2v) is 10.3. The largest absolute Gasteiger partial charge is 0.450 e. The molecule has 5 aliphatic rings. The molecule has 2 unspecified atom stereocenters. The molecule has 4 bridgehead atoms. The summed E-state index contributed by atoms with van der Waals surface area (Å²) in [6, 6.07) is 11.1. The maximum absolute atomic E-state index is 13.6. The first-order chi connectivity index (χ1) is 14.5. The van der Waals surface area contributed by atoms with Crippen LogP contribution in [0, 0.1) is 17.3 Å². The van der Waals surface area contributed by atoms with Gasteiger partial charge >= 0.3 is 6.09 Å². The molecule has 2 amide bonds. The molecule has 30 heavy (non-hydrogen) atoms. The first-order valence-electron chi connectivity index (χ1n) is 11.8. The number of ether oxygens (including phenoxy) is 1. The Kier molecular flexibility index (Phi) is 5.03. The highest BCUT2D eigenvalue weighted by Crippen LogP contribution is 2.65. The number of nitrogens with one attached hydrogen (secondary N) is 1. The predicted octanol–water partition coefficient (Wildman–Crippen LogP) is 4.26. The molecule has 0 aromatic heterocycles. The molecule has 5 nitrogen and oxygen atoms in total. The van der Waals surface area contributed by atoms with Crippen LogP contribution in [0.5, 0.6) is 0 Å². The van der Waals surface area contributed by atoms with Gasteiger partial charge in [0.25, 0.3) is 0 Å². The van der Waals surface area contributed by atoms with E-state index in [0.29, 0.717) is 31.5 Å². The summed E-state index contributed by atoms with van der Waals surface area (Å²) in [4.78, 5) is 27.3. The number of carbonyl (C=O) groups excluding carboxylic acids is 2. The minimum absolute atomic E-state index is 0.170. The van der Waals surface area contributed by atoms with E-state index in [1.165, 1.54) is 24.8 Å². The predicted molar refractivity (Wildman–Crippen MR) is 115 cm³/mol. The molecule has 6 rings (SSSR count). The Morgan fingerprint density at radius 3 is 2.37 bits per heavy atom. The number of hydrogen-bond acceptors (Lipinski definition) is 3. The van der Waals surface area contributed by atoms with Gasteiger partial charge in [-0.05, 0) is 81.1 Å². The van der Waals surface area contributed by atoms with Gasteiger partial charge in [-0.1, -0.05) is 30.3 Å². The van der Waals surface area contributed by atoms with E-state index in [4.69, 9.17) is 4.74 Å². The fourth-order valence-corrected chi connectivity index (χ4v) is 7.42. The third kappa shape index (κ3) is 3.40. The van der Waals surface area contributed by atoms with Gasteiger partial charge in [-0.2, -0.15) is 0 Å². The van der Waals surface area contributed by atoms with Crippen LogP contribution in [-0.4, -0.2) is 42.6 Å². The summed E-state index contributed by atoms with van der Waals surface area (Å²) in [5.41, 5.74) is 1.44. The average Bonchev–Trinajstić information content (AvgIpc) is 2.74. The fourth-order valence-electron chi connectivity index (χ4n) is 7.42. The van der Waals surface area contributed by atoms with Crippen LogP contribution in [0.3, 0.4) is 0 Å². The summed E-state index contributed by atoms with van der Waals surface area (Å²) in [6.07, 6.45) is 8.34. The van der Waals surface area contributed by atoms with E-state index >= 15 is 0 Å². The van der Waals surface area contributed by atoms with Crippen LogP contribution in [0.25, 0.3) is 0 Å². The van der Waals surface area contributed by atoms with Gasteiger partial charge in [-0.25, -0.2) is 4.79 Å². The molecule has 162 valence electrons. The zero-order valence-electron chi connectivity index (χ0n) is 18.1. The van der Waals surface area contributed by atoms with Crippen LogP contribution in [0.2, 0.25) is 0 Å². The molecule has 1 N–H and O–H groups in total. The number of hydrogen-bond donors (Lipinski definition) is 1. The van der Waals surface area contributed by atoms with E-state index in [0.717, 1.165) is 32.1 Å². The van der Waals surface area contributed by atoms with Crippen molar-refractivity contribution in [2.24, 2.45) is 17.3 Å². The Hall–Kier alpha value is -2.04. The summed E-state index contributed by atoms with van der Waals surface area (Å²) in [7, 11) is 0. The number of amides is 2. The number of nitrogens with zero attached hydrogens (tertiary/aromatic N) is 1. The van der Waals surface area contributed by atoms with E-state index in [1.54, 1.807) is 4.90 Å². The highest BCUT2D eigenvalue weighted by atomic mass is 16.6. The summed E-state index contributed by atoms with van der Waals surface area (Å²) in [5.74, 6) is 1.65. The molecule has 0 radical (unpaired) electrons. The van der Waals surface area contributed by atoms with Gasteiger partial charge < -0.3 is 15.0 Å². The summed E-state index contributed by atoms with van der Waals surface area (Å²) in [6.45, 7) is 3.56. The minimum atomic E-state index is -0.229. The standard InChI is InChI=1S/C25H34N2O3/c1-2-30-23(29)27-10-8-21(9-11-27)26-22(28)25-15-18-12-19(16-25)14-24(13-18,17-25)20-6-4-3-5-7-20/h3-7,18-19,21H,2,8-17H2,1H3,(H,26,28). The lowest BCUT2D eigenvalue weighted by Gasteiger charge is -2.61. The van der Waals surface area contributed by atoms with Crippen molar-refractivity contribution in [3.05, 3.63) is 35.9 Å². The zero-order chi connectivity index (χ0) is 20.8. The van der Waals surface area contributed by atoms with Crippen LogP contribution in [0.4, 0.5) is 4.79 Å². The summed E-state index contributed by atoms with van der Waals surface area (Å²) >= 11 is 0. The molecule has 0 spiro atoms. The number of piperidine rings is 1. The number of rotatable bonds is 4. The molecule has 5 heteroatoms. The Labute approximate surface area is 179 Å². The number of likely N-dealkylation sites (tertiary alicyclic amines) is 1. The van der Waals surface area contributed by atoms with E-state index in [1.807, 2.05) is 6.92 Å². The Bertz CT molecular complexity index is 786. The van der Waals surface area contributed by atoms with E-state index < -0.39 is 0 Å². The van der Waals surface area contributed by atoms with Gasteiger partial charge in [0.15, 0.2) is 0 Å². The van der Waals surface area contributed by atoms with Crippen molar-refractivity contribution < 1.29 is 14.3 Å². The van der Waals surface area contributed by atoms with E-state index in [9.17, 15) is 9.59 Å². The van der Waals surface area contributed by atoms with Gasteiger partial charge in [-0.3, -0.25) is 4.79 Å². The van der Waals surface area contributed by atoms with Crippen LogP contribution >= 0.6 is 0 Å². The fraction of sp³-hybridized carbons (Fsp3) is 0.680. The SMILES string of the molecule is CCOC(=O)N1CCC(NC(=O)C23CC4CC(C2)CC(c2ccccc2)(C4)C3)CC1. The van der Waals surface area contributed by atoms with Crippen molar-refractivity contribution in [2.75, 3.05) is 19.7 Å². The Balaban J connectivity index is 1.28. The lowest BCUT2D eigenvalue weighted by atomic mass is 9.42. The molecule has 1 heterocycles. The first-order valence-corrected chi connectivity index (χ1v) is 11.8. The third-order valence-corrected chi connectivity index (χ3v) is 8.29. The molecule has 2 atom stereocenters. The maximum Gasteiger partial charge on any atom is 0.409 e. The van der Waals surface area contributed by atoms with Gasteiger partial charge in [0.1, 0.15) is 0 Å². The van der Waals surface area contributed by atoms with E-state index in [-0.39, 0.29) is 28.9 Å². The van der Waals surface area contributed by atoms with Gasteiger partial charge in [0.05, 0.1) is 12.0 Å². The number of benzene rings is 1. The lowest BCUT2D eigenvalue weighted by Crippen LogP contribution is -2.60. The molecule has 1 aliphatic heterocycles. The zero-order valence-corrected chi connectivity index (χ0v) is 18.1. The molecular weight excluding hydrogens is 376 g/mol. The van der Waals surface area contributed by atoms with Crippen LogP contribution in [-0.2, 0) is 14.9 Å².